The molecule has 2 N–H and O–H groups in total. The summed E-state index contributed by atoms with van der Waals surface area (Å²) in [5.74, 6) is -0.175. The van der Waals surface area contributed by atoms with Gasteiger partial charge >= 0.3 is 5.97 Å². The van der Waals surface area contributed by atoms with Crippen molar-refractivity contribution in [2.45, 2.75) is 59.9 Å². The standard InChI is InChI=1S/C24H35N3O5S/c1-6-31-20(28)15-18-21(29)25-11-12-27(18)23(33)26-22(30)24(4,5)10-7-13-32-19-14-16(2)8-9-17(19)3/h8-9,14,18H,6-7,10-13,15H2,1-5H3,(H,25,29)(H,26,30,33). The molecular weight excluding hydrogens is 442 g/mol. The van der Waals surface area contributed by atoms with Crippen molar-refractivity contribution in [2.75, 3.05) is 26.3 Å². The number of amides is 2. The van der Waals surface area contributed by atoms with Gasteiger partial charge in [0.25, 0.3) is 0 Å². The van der Waals surface area contributed by atoms with Gasteiger partial charge in [0, 0.05) is 18.5 Å². The fourth-order valence-electron chi connectivity index (χ4n) is 3.55. The number of benzene rings is 1. The van der Waals surface area contributed by atoms with Gasteiger partial charge in [0.2, 0.25) is 11.8 Å². The monoisotopic (exact) mass is 477 g/mol. The van der Waals surface area contributed by atoms with Crippen molar-refractivity contribution in [1.82, 2.24) is 15.5 Å². The lowest BCUT2D eigenvalue weighted by Gasteiger charge is -2.37. The number of ether oxygens (including phenoxy) is 2. The molecular formula is C24H35N3O5S. The minimum absolute atomic E-state index is 0.130. The van der Waals surface area contributed by atoms with Gasteiger partial charge in [-0.15, -0.1) is 0 Å². The van der Waals surface area contributed by atoms with Crippen molar-refractivity contribution in [3.8, 4) is 5.75 Å². The predicted molar refractivity (Wildman–Crippen MR) is 130 cm³/mol. The van der Waals surface area contributed by atoms with Crippen LogP contribution in [0, 0.1) is 19.3 Å². The van der Waals surface area contributed by atoms with E-state index in [-0.39, 0.29) is 30.0 Å². The van der Waals surface area contributed by atoms with Crippen molar-refractivity contribution in [1.29, 1.82) is 0 Å². The first-order valence-corrected chi connectivity index (χ1v) is 11.7. The number of esters is 1. The first-order chi connectivity index (χ1) is 15.5. The van der Waals surface area contributed by atoms with Crippen LogP contribution >= 0.6 is 12.2 Å². The molecule has 33 heavy (non-hydrogen) atoms. The summed E-state index contributed by atoms with van der Waals surface area (Å²) in [4.78, 5) is 38.8. The topological polar surface area (TPSA) is 97.0 Å². The number of aryl methyl sites for hydroxylation is 2. The normalized spacial score (nSPS) is 16.1. The third-order valence-electron chi connectivity index (χ3n) is 5.64. The second-order valence-electron chi connectivity index (χ2n) is 8.87. The fraction of sp³-hybridized carbons (Fsp3) is 0.583. The maximum Gasteiger partial charge on any atom is 0.308 e. The van der Waals surface area contributed by atoms with Crippen LogP contribution in [0.3, 0.4) is 0 Å². The highest BCUT2D eigenvalue weighted by molar-refractivity contribution is 7.80. The van der Waals surface area contributed by atoms with Gasteiger partial charge in [-0.3, -0.25) is 14.4 Å². The zero-order valence-corrected chi connectivity index (χ0v) is 21.0. The molecule has 8 nitrogen and oxygen atoms in total. The Morgan fingerprint density at radius 3 is 2.73 bits per heavy atom. The van der Waals surface area contributed by atoms with Crippen molar-refractivity contribution in [2.24, 2.45) is 5.41 Å². The van der Waals surface area contributed by atoms with E-state index in [2.05, 4.69) is 10.6 Å². The number of thiocarbonyl (C=S) groups is 1. The van der Waals surface area contributed by atoms with E-state index in [1.165, 1.54) is 0 Å². The molecule has 0 saturated carbocycles. The van der Waals surface area contributed by atoms with Gasteiger partial charge in [-0.05, 0) is 63.0 Å². The highest BCUT2D eigenvalue weighted by Gasteiger charge is 2.36. The summed E-state index contributed by atoms with van der Waals surface area (Å²) < 4.78 is 10.9. The quantitative estimate of drug-likeness (QED) is 0.321. The molecule has 1 aromatic carbocycles. The number of nitrogens with one attached hydrogen (secondary N) is 2. The van der Waals surface area contributed by atoms with Gasteiger partial charge in [-0.2, -0.15) is 0 Å². The highest BCUT2D eigenvalue weighted by atomic mass is 32.1. The van der Waals surface area contributed by atoms with Crippen LogP contribution in [0.5, 0.6) is 5.75 Å². The Morgan fingerprint density at radius 2 is 2.03 bits per heavy atom. The molecule has 0 aliphatic carbocycles. The lowest BCUT2D eigenvalue weighted by atomic mass is 9.87. The van der Waals surface area contributed by atoms with E-state index in [0.29, 0.717) is 32.5 Å². The summed E-state index contributed by atoms with van der Waals surface area (Å²) in [6, 6.07) is 5.27. The lowest BCUT2D eigenvalue weighted by Crippen LogP contribution is -2.61. The largest absolute Gasteiger partial charge is 0.493 e. The molecule has 182 valence electrons. The van der Waals surface area contributed by atoms with Crippen LogP contribution < -0.4 is 15.4 Å². The Morgan fingerprint density at radius 1 is 1.30 bits per heavy atom. The molecule has 1 atom stereocenters. The third kappa shape index (κ3) is 7.70. The number of nitrogens with zero attached hydrogens (tertiary/aromatic N) is 1. The molecule has 1 aromatic rings. The second-order valence-corrected chi connectivity index (χ2v) is 9.26. The summed E-state index contributed by atoms with van der Waals surface area (Å²) in [5, 5.41) is 5.64. The number of piperazine rings is 1. The molecule has 2 amide bonds. The molecule has 1 heterocycles. The first kappa shape index (κ1) is 26.6. The Kier molecular flexibility index (Phi) is 9.64. The van der Waals surface area contributed by atoms with Crippen LogP contribution in [0.1, 0.15) is 51.2 Å². The molecule has 1 fully saturated rings. The third-order valence-corrected chi connectivity index (χ3v) is 5.98. The van der Waals surface area contributed by atoms with Crippen LogP contribution in [0.25, 0.3) is 0 Å². The summed E-state index contributed by atoms with van der Waals surface area (Å²) in [6.07, 6.45) is 1.16. The number of carbonyl (C=O) groups excluding carboxylic acids is 3. The number of carbonyl (C=O) groups is 3. The number of hydrogen-bond donors (Lipinski definition) is 2. The van der Waals surface area contributed by atoms with Crippen molar-refractivity contribution < 1.29 is 23.9 Å². The van der Waals surface area contributed by atoms with Crippen molar-refractivity contribution >= 4 is 35.1 Å². The van der Waals surface area contributed by atoms with E-state index < -0.39 is 17.4 Å². The van der Waals surface area contributed by atoms with Gasteiger partial charge < -0.3 is 25.0 Å². The maximum absolute atomic E-state index is 12.9. The predicted octanol–water partition coefficient (Wildman–Crippen LogP) is 2.64. The first-order valence-electron chi connectivity index (χ1n) is 11.3. The average Bonchev–Trinajstić information content (AvgIpc) is 2.75. The highest BCUT2D eigenvalue weighted by Crippen LogP contribution is 2.24. The molecule has 0 bridgehead atoms. The smallest absolute Gasteiger partial charge is 0.308 e. The van der Waals surface area contributed by atoms with Crippen molar-refractivity contribution in [3.05, 3.63) is 29.3 Å². The fourth-order valence-corrected chi connectivity index (χ4v) is 3.86. The number of rotatable bonds is 9. The Hall–Kier alpha value is -2.68. The van der Waals surface area contributed by atoms with Crippen molar-refractivity contribution in [3.63, 3.8) is 0 Å². The second kappa shape index (κ2) is 12.0. The Labute approximate surface area is 201 Å². The van der Waals surface area contributed by atoms with Crippen LogP contribution in [0.2, 0.25) is 0 Å². The summed E-state index contributed by atoms with van der Waals surface area (Å²) in [6.45, 7) is 10.9. The van der Waals surface area contributed by atoms with E-state index >= 15 is 0 Å². The van der Waals surface area contributed by atoms with Gasteiger partial charge in [0.15, 0.2) is 5.11 Å². The van der Waals surface area contributed by atoms with Crippen LogP contribution in [0.15, 0.2) is 18.2 Å². The maximum atomic E-state index is 12.9. The summed E-state index contributed by atoms with van der Waals surface area (Å²) in [7, 11) is 0. The molecule has 2 rings (SSSR count). The summed E-state index contributed by atoms with van der Waals surface area (Å²) in [5.41, 5.74) is 1.52. The van der Waals surface area contributed by atoms with Crippen LogP contribution in [0.4, 0.5) is 0 Å². The van der Waals surface area contributed by atoms with Crippen LogP contribution in [-0.2, 0) is 19.1 Å². The molecule has 1 saturated heterocycles. The minimum atomic E-state index is -0.806. The molecule has 0 spiro atoms. The van der Waals surface area contributed by atoms with E-state index in [1.54, 1.807) is 11.8 Å². The lowest BCUT2D eigenvalue weighted by molar-refractivity contribution is -0.147. The molecule has 1 unspecified atom stereocenters. The van der Waals surface area contributed by atoms with Gasteiger partial charge in [-0.25, -0.2) is 0 Å². The van der Waals surface area contributed by atoms with Gasteiger partial charge in [0.1, 0.15) is 11.8 Å². The van der Waals surface area contributed by atoms with E-state index in [0.717, 1.165) is 16.9 Å². The zero-order chi connectivity index (χ0) is 24.6. The summed E-state index contributed by atoms with van der Waals surface area (Å²) >= 11 is 5.43. The van der Waals surface area contributed by atoms with Gasteiger partial charge in [0.05, 0.1) is 19.6 Å². The molecule has 9 heteroatoms. The zero-order valence-electron chi connectivity index (χ0n) is 20.2. The van der Waals surface area contributed by atoms with Crippen LogP contribution in [-0.4, -0.2) is 60.1 Å². The average molecular weight is 478 g/mol. The molecule has 0 aromatic heterocycles. The van der Waals surface area contributed by atoms with E-state index in [1.807, 2.05) is 45.9 Å². The number of hydrogen-bond acceptors (Lipinski definition) is 6. The molecule has 0 radical (unpaired) electrons. The van der Waals surface area contributed by atoms with E-state index in [9.17, 15) is 14.4 Å². The molecule has 1 aliphatic rings. The Bertz CT molecular complexity index is 887. The minimum Gasteiger partial charge on any atom is -0.493 e. The Balaban J connectivity index is 1.90. The van der Waals surface area contributed by atoms with Gasteiger partial charge in [-0.1, -0.05) is 26.0 Å². The molecule has 1 aliphatic heterocycles. The SMILES string of the molecule is CCOC(=O)CC1C(=O)NCCN1C(=S)NC(=O)C(C)(C)CCCOc1cc(C)ccc1C. The van der Waals surface area contributed by atoms with E-state index in [4.69, 9.17) is 21.7 Å².